The predicted octanol–water partition coefficient (Wildman–Crippen LogP) is 3.39. The number of hydrogen-bond donors (Lipinski definition) is 2. The highest BCUT2D eigenvalue weighted by molar-refractivity contribution is 7.99. The molecule has 0 amide bonds. The van der Waals surface area contributed by atoms with Gasteiger partial charge < -0.3 is 15.7 Å². The fraction of sp³-hybridized carbons (Fsp3) is 0.200. The van der Waals surface area contributed by atoms with Crippen LogP contribution in [0.1, 0.15) is 18.2 Å². The molecular formula is C15H17N3O2S. The van der Waals surface area contributed by atoms with E-state index in [-0.39, 0.29) is 5.84 Å². The van der Waals surface area contributed by atoms with Crippen LogP contribution in [-0.2, 0) is 0 Å². The standard InChI is InChI=1S/C15H17N3O2S/c1-3-21-13-6-4-5-12(14(13)15(16)18-19)20-11-8-7-10(2)17-9-11/h4-9,19H,3H2,1-2H3,(H2,16,18). The summed E-state index contributed by atoms with van der Waals surface area (Å²) < 4.78 is 5.83. The summed E-state index contributed by atoms with van der Waals surface area (Å²) in [5.74, 6) is 2.05. The van der Waals surface area contributed by atoms with Crippen LogP contribution < -0.4 is 10.5 Å². The maximum Gasteiger partial charge on any atom is 0.175 e. The molecule has 0 aliphatic heterocycles. The summed E-state index contributed by atoms with van der Waals surface area (Å²) in [7, 11) is 0. The Kier molecular flexibility index (Phi) is 5.05. The summed E-state index contributed by atoms with van der Waals surface area (Å²) in [5.41, 5.74) is 7.30. The quantitative estimate of drug-likeness (QED) is 0.291. The minimum Gasteiger partial charge on any atom is -0.455 e. The average molecular weight is 303 g/mol. The van der Waals surface area contributed by atoms with Gasteiger partial charge in [-0.1, -0.05) is 18.1 Å². The van der Waals surface area contributed by atoms with Crippen LogP contribution in [-0.4, -0.2) is 21.8 Å². The summed E-state index contributed by atoms with van der Waals surface area (Å²) in [6, 6.07) is 9.28. The Hall–Kier alpha value is -2.21. The number of nitrogens with zero attached hydrogens (tertiary/aromatic N) is 2. The van der Waals surface area contributed by atoms with Crippen molar-refractivity contribution in [1.82, 2.24) is 4.98 Å². The minimum atomic E-state index is 0.0293. The van der Waals surface area contributed by atoms with E-state index in [4.69, 9.17) is 15.7 Å². The fourth-order valence-corrected chi connectivity index (χ4v) is 2.65. The van der Waals surface area contributed by atoms with E-state index in [9.17, 15) is 0 Å². The van der Waals surface area contributed by atoms with Crippen LogP contribution in [0.25, 0.3) is 0 Å². The molecule has 0 saturated heterocycles. The lowest BCUT2D eigenvalue weighted by Gasteiger charge is -2.13. The minimum absolute atomic E-state index is 0.0293. The smallest absolute Gasteiger partial charge is 0.175 e. The molecule has 5 nitrogen and oxygen atoms in total. The number of nitrogens with two attached hydrogens (primary N) is 1. The van der Waals surface area contributed by atoms with Crippen molar-refractivity contribution in [3.63, 3.8) is 0 Å². The molecule has 110 valence electrons. The van der Waals surface area contributed by atoms with Gasteiger partial charge in [-0.3, -0.25) is 4.98 Å². The van der Waals surface area contributed by atoms with E-state index in [0.29, 0.717) is 17.1 Å². The molecule has 0 aliphatic rings. The van der Waals surface area contributed by atoms with Gasteiger partial charge in [-0.05, 0) is 36.9 Å². The molecule has 0 fully saturated rings. The van der Waals surface area contributed by atoms with E-state index in [0.717, 1.165) is 16.3 Å². The van der Waals surface area contributed by atoms with Crippen molar-refractivity contribution in [2.75, 3.05) is 5.75 Å². The second-order valence-electron chi connectivity index (χ2n) is 4.28. The summed E-state index contributed by atoms with van der Waals surface area (Å²) in [6.07, 6.45) is 1.64. The molecule has 1 aromatic heterocycles. The van der Waals surface area contributed by atoms with E-state index >= 15 is 0 Å². The summed E-state index contributed by atoms with van der Waals surface area (Å²) in [4.78, 5) is 5.10. The van der Waals surface area contributed by atoms with Gasteiger partial charge in [0.15, 0.2) is 5.84 Å². The Morgan fingerprint density at radius 1 is 1.38 bits per heavy atom. The molecule has 3 N–H and O–H groups in total. The highest BCUT2D eigenvalue weighted by Crippen LogP contribution is 2.32. The first kappa shape index (κ1) is 15.2. The van der Waals surface area contributed by atoms with Crippen LogP contribution in [0.3, 0.4) is 0 Å². The molecule has 1 aromatic carbocycles. The lowest BCUT2D eigenvalue weighted by Crippen LogP contribution is -2.15. The van der Waals surface area contributed by atoms with Crippen LogP contribution in [0.5, 0.6) is 11.5 Å². The average Bonchev–Trinajstić information content (AvgIpc) is 2.49. The fourth-order valence-electron chi connectivity index (χ4n) is 1.82. The maximum absolute atomic E-state index is 8.99. The van der Waals surface area contributed by atoms with Crippen molar-refractivity contribution in [1.29, 1.82) is 0 Å². The van der Waals surface area contributed by atoms with Crippen LogP contribution in [0, 0.1) is 6.92 Å². The molecule has 2 aromatic rings. The van der Waals surface area contributed by atoms with Crippen molar-refractivity contribution >= 4 is 17.6 Å². The Bertz CT molecular complexity index is 642. The van der Waals surface area contributed by atoms with E-state index in [1.807, 2.05) is 38.1 Å². The first-order valence-corrected chi connectivity index (χ1v) is 7.48. The number of aromatic nitrogens is 1. The van der Waals surface area contributed by atoms with E-state index in [1.54, 1.807) is 24.0 Å². The molecule has 0 aliphatic carbocycles. The molecule has 0 saturated carbocycles. The van der Waals surface area contributed by atoms with Crippen molar-refractivity contribution in [3.8, 4) is 11.5 Å². The van der Waals surface area contributed by atoms with Crippen molar-refractivity contribution in [2.24, 2.45) is 10.9 Å². The Morgan fingerprint density at radius 2 is 2.19 bits per heavy atom. The van der Waals surface area contributed by atoms with Crippen molar-refractivity contribution in [3.05, 3.63) is 47.8 Å². The molecule has 0 spiro atoms. The number of ether oxygens (including phenoxy) is 1. The summed E-state index contributed by atoms with van der Waals surface area (Å²) in [6.45, 7) is 3.95. The number of hydrogen-bond acceptors (Lipinski definition) is 5. The molecule has 6 heteroatoms. The third-order valence-electron chi connectivity index (χ3n) is 2.76. The monoisotopic (exact) mass is 303 g/mol. The molecule has 0 unspecified atom stereocenters. The van der Waals surface area contributed by atoms with Gasteiger partial charge in [0.2, 0.25) is 0 Å². The molecule has 0 atom stereocenters. The Labute approximate surface area is 127 Å². The molecule has 21 heavy (non-hydrogen) atoms. The number of aryl methyl sites for hydroxylation is 1. The normalized spacial score (nSPS) is 11.4. The molecule has 0 radical (unpaired) electrons. The Morgan fingerprint density at radius 3 is 2.81 bits per heavy atom. The number of thioether (sulfide) groups is 1. The van der Waals surface area contributed by atoms with Crippen LogP contribution in [0.2, 0.25) is 0 Å². The van der Waals surface area contributed by atoms with Crippen LogP contribution in [0.4, 0.5) is 0 Å². The predicted molar refractivity (Wildman–Crippen MR) is 84.4 cm³/mol. The van der Waals surface area contributed by atoms with Gasteiger partial charge in [-0.2, -0.15) is 0 Å². The number of amidine groups is 1. The van der Waals surface area contributed by atoms with Crippen molar-refractivity contribution in [2.45, 2.75) is 18.7 Å². The van der Waals surface area contributed by atoms with Gasteiger partial charge in [-0.25, -0.2) is 0 Å². The molecule has 0 bridgehead atoms. The van der Waals surface area contributed by atoms with Crippen molar-refractivity contribution < 1.29 is 9.94 Å². The van der Waals surface area contributed by atoms with E-state index < -0.39 is 0 Å². The lowest BCUT2D eigenvalue weighted by molar-refractivity contribution is 0.318. The number of benzene rings is 1. The first-order chi connectivity index (χ1) is 10.2. The molecule has 2 rings (SSSR count). The van der Waals surface area contributed by atoms with E-state index in [1.165, 1.54) is 0 Å². The third kappa shape index (κ3) is 3.66. The highest BCUT2D eigenvalue weighted by Gasteiger charge is 2.15. The molecule has 1 heterocycles. The summed E-state index contributed by atoms with van der Waals surface area (Å²) >= 11 is 1.61. The van der Waals surface area contributed by atoms with Crippen LogP contribution >= 0.6 is 11.8 Å². The highest BCUT2D eigenvalue weighted by atomic mass is 32.2. The van der Waals surface area contributed by atoms with Crippen LogP contribution in [0.15, 0.2) is 46.6 Å². The van der Waals surface area contributed by atoms with Gasteiger partial charge in [0.05, 0.1) is 11.8 Å². The lowest BCUT2D eigenvalue weighted by atomic mass is 10.2. The van der Waals surface area contributed by atoms with Gasteiger partial charge >= 0.3 is 0 Å². The zero-order chi connectivity index (χ0) is 15.2. The van der Waals surface area contributed by atoms with Gasteiger partial charge in [0.1, 0.15) is 11.5 Å². The van der Waals surface area contributed by atoms with E-state index in [2.05, 4.69) is 10.1 Å². The van der Waals surface area contributed by atoms with Gasteiger partial charge in [0.25, 0.3) is 0 Å². The summed E-state index contributed by atoms with van der Waals surface area (Å²) in [5, 5.41) is 12.1. The molecular weight excluding hydrogens is 286 g/mol. The maximum atomic E-state index is 8.99. The zero-order valence-corrected chi connectivity index (χ0v) is 12.7. The second-order valence-corrected chi connectivity index (χ2v) is 5.59. The van der Waals surface area contributed by atoms with Gasteiger partial charge in [0, 0.05) is 10.6 Å². The largest absolute Gasteiger partial charge is 0.455 e. The zero-order valence-electron chi connectivity index (χ0n) is 11.9. The number of oxime groups is 1. The first-order valence-electron chi connectivity index (χ1n) is 6.50. The second kappa shape index (κ2) is 6.99. The Balaban J connectivity index is 2.42. The number of rotatable bonds is 5. The van der Waals surface area contributed by atoms with Gasteiger partial charge in [-0.15, -0.1) is 11.8 Å². The third-order valence-corrected chi connectivity index (χ3v) is 3.70. The number of pyridine rings is 1. The SMILES string of the molecule is CCSc1cccc(Oc2ccc(C)nc2)c1/C(N)=N/O. The topological polar surface area (TPSA) is 80.7 Å².